The van der Waals surface area contributed by atoms with Crippen molar-refractivity contribution in [2.75, 3.05) is 20.2 Å². The minimum absolute atomic E-state index is 0.159. The van der Waals surface area contributed by atoms with Crippen LogP contribution in [-0.2, 0) is 14.8 Å². The van der Waals surface area contributed by atoms with Crippen molar-refractivity contribution in [3.63, 3.8) is 0 Å². The first-order valence-electron chi connectivity index (χ1n) is 5.73. The van der Waals surface area contributed by atoms with E-state index in [2.05, 4.69) is 4.72 Å². The topological polar surface area (TPSA) is 81.4 Å². The quantitative estimate of drug-likeness (QED) is 0.677. The van der Waals surface area contributed by atoms with E-state index in [1.807, 2.05) is 6.92 Å². The van der Waals surface area contributed by atoms with Crippen LogP contribution in [0.15, 0.2) is 0 Å². The molecule has 16 heavy (non-hydrogen) atoms. The first kappa shape index (κ1) is 13.9. The Bertz CT molecular complexity index is 303. The van der Waals surface area contributed by atoms with Crippen molar-refractivity contribution >= 4 is 10.0 Å². The van der Waals surface area contributed by atoms with Gasteiger partial charge in [0.2, 0.25) is 10.0 Å². The highest BCUT2D eigenvalue weighted by Gasteiger charge is 2.38. The van der Waals surface area contributed by atoms with E-state index >= 15 is 0 Å². The zero-order valence-corrected chi connectivity index (χ0v) is 10.8. The molecule has 1 atom stereocenters. The van der Waals surface area contributed by atoms with E-state index in [0.29, 0.717) is 13.0 Å². The van der Waals surface area contributed by atoms with E-state index in [9.17, 15) is 8.42 Å². The summed E-state index contributed by atoms with van der Waals surface area (Å²) in [6.07, 6.45) is 3.48. The van der Waals surface area contributed by atoms with Gasteiger partial charge in [-0.3, -0.25) is 0 Å². The van der Waals surface area contributed by atoms with Gasteiger partial charge in [0.05, 0.1) is 10.9 Å². The first-order chi connectivity index (χ1) is 7.49. The molecule has 0 amide bonds. The predicted octanol–water partition coefficient (Wildman–Crippen LogP) is 0.212. The largest absolute Gasteiger partial charge is 0.377 e. The van der Waals surface area contributed by atoms with Gasteiger partial charge in [0.15, 0.2) is 0 Å². The summed E-state index contributed by atoms with van der Waals surface area (Å²) in [7, 11) is -1.66. The van der Waals surface area contributed by atoms with Crippen LogP contribution in [0.4, 0.5) is 0 Å². The summed E-state index contributed by atoms with van der Waals surface area (Å²) in [5, 5.41) is -0.499. The van der Waals surface area contributed by atoms with Crippen molar-refractivity contribution in [2.45, 2.75) is 43.5 Å². The van der Waals surface area contributed by atoms with Crippen LogP contribution >= 0.6 is 0 Å². The summed E-state index contributed by atoms with van der Waals surface area (Å²) in [6, 6.07) is 0. The molecule has 1 aliphatic rings. The fourth-order valence-electron chi connectivity index (χ4n) is 1.89. The maximum absolute atomic E-state index is 11.8. The molecule has 5 nitrogen and oxygen atoms in total. The third-order valence-electron chi connectivity index (χ3n) is 3.45. The number of nitrogens with one attached hydrogen (secondary N) is 1. The molecule has 1 saturated carbocycles. The van der Waals surface area contributed by atoms with Gasteiger partial charge in [-0.15, -0.1) is 0 Å². The minimum Gasteiger partial charge on any atom is -0.377 e. The molecule has 0 aliphatic heterocycles. The van der Waals surface area contributed by atoms with Crippen LogP contribution in [0.5, 0.6) is 0 Å². The molecular weight excluding hydrogens is 228 g/mol. The standard InChI is InChI=1S/C10H22N2O3S/c1-3-9(7-11)16(13,14)12-8-10(15-2)5-4-6-10/h9,12H,3-8,11H2,1-2H3. The van der Waals surface area contributed by atoms with Crippen molar-refractivity contribution in [1.82, 2.24) is 4.72 Å². The second-order valence-corrected chi connectivity index (χ2v) is 6.42. The van der Waals surface area contributed by atoms with Crippen LogP contribution < -0.4 is 10.5 Å². The molecule has 0 aromatic rings. The van der Waals surface area contributed by atoms with Crippen molar-refractivity contribution in [3.05, 3.63) is 0 Å². The molecule has 3 N–H and O–H groups in total. The van der Waals surface area contributed by atoms with Gasteiger partial charge in [-0.2, -0.15) is 0 Å². The maximum atomic E-state index is 11.8. The Morgan fingerprint density at radius 3 is 2.44 bits per heavy atom. The molecule has 1 fully saturated rings. The zero-order chi connectivity index (χ0) is 12.2. The average molecular weight is 250 g/mol. The maximum Gasteiger partial charge on any atom is 0.215 e. The number of hydrogen-bond acceptors (Lipinski definition) is 4. The second-order valence-electron chi connectivity index (χ2n) is 4.37. The number of hydrogen-bond donors (Lipinski definition) is 2. The van der Waals surface area contributed by atoms with Gasteiger partial charge >= 0.3 is 0 Å². The van der Waals surface area contributed by atoms with Crippen LogP contribution in [0.3, 0.4) is 0 Å². The van der Waals surface area contributed by atoms with Gasteiger partial charge in [-0.1, -0.05) is 6.92 Å². The van der Waals surface area contributed by atoms with Crippen molar-refractivity contribution in [1.29, 1.82) is 0 Å². The molecule has 96 valence electrons. The summed E-state index contributed by atoms with van der Waals surface area (Å²) < 4.78 is 31.7. The summed E-state index contributed by atoms with van der Waals surface area (Å²) in [5.41, 5.74) is 5.16. The summed E-state index contributed by atoms with van der Waals surface area (Å²) >= 11 is 0. The Morgan fingerprint density at radius 1 is 1.50 bits per heavy atom. The number of rotatable bonds is 7. The summed E-state index contributed by atoms with van der Waals surface area (Å²) in [5.74, 6) is 0. The highest BCUT2D eigenvalue weighted by Crippen LogP contribution is 2.34. The van der Waals surface area contributed by atoms with Crippen LogP contribution in [0.1, 0.15) is 32.6 Å². The molecule has 1 rings (SSSR count). The lowest BCUT2D eigenvalue weighted by molar-refractivity contribution is -0.0659. The van der Waals surface area contributed by atoms with Crippen molar-refractivity contribution in [3.8, 4) is 0 Å². The Morgan fingerprint density at radius 2 is 2.12 bits per heavy atom. The van der Waals surface area contributed by atoms with Crippen LogP contribution in [0.25, 0.3) is 0 Å². The Balaban J connectivity index is 2.53. The van der Waals surface area contributed by atoms with Crippen molar-refractivity contribution in [2.24, 2.45) is 5.73 Å². The fraction of sp³-hybridized carbons (Fsp3) is 1.00. The highest BCUT2D eigenvalue weighted by molar-refractivity contribution is 7.90. The van der Waals surface area contributed by atoms with Crippen molar-refractivity contribution < 1.29 is 13.2 Å². The Labute approximate surface area is 97.8 Å². The lowest BCUT2D eigenvalue weighted by atomic mass is 9.80. The summed E-state index contributed by atoms with van der Waals surface area (Å²) in [4.78, 5) is 0. The number of sulfonamides is 1. The van der Waals surface area contributed by atoms with Gasteiger partial charge in [-0.05, 0) is 25.7 Å². The number of ether oxygens (including phenoxy) is 1. The normalized spacial score (nSPS) is 21.4. The Kier molecular flexibility index (Phi) is 4.73. The van der Waals surface area contributed by atoms with Gasteiger partial charge in [0, 0.05) is 20.2 Å². The van der Waals surface area contributed by atoms with E-state index in [-0.39, 0.29) is 12.1 Å². The third kappa shape index (κ3) is 2.94. The smallest absolute Gasteiger partial charge is 0.215 e. The fourth-order valence-corrected chi connectivity index (χ4v) is 3.28. The molecular formula is C10H22N2O3S. The minimum atomic E-state index is -3.30. The molecule has 6 heteroatoms. The van der Waals surface area contributed by atoms with E-state index in [0.717, 1.165) is 19.3 Å². The van der Waals surface area contributed by atoms with E-state index < -0.39 is 15.3 Å². The summed E-state index contributed by atoms with van der Waals surface area (Å²) in [6.45, 7) is 2.35. The molecule has 0 radical (unpaired) electrons. The van der Waals surface area contributed by atoms with E-state index in [1.54, 1.807) is 7.11 Å². The van der Waals surface area contributed by atoms with E-state index in [1.165, 1.54) is 0 Å². The molecule has 0 spiro atoms. The number of nitrogens with two attached hydrogens (primary N) is 1. The molecule has 0 aromatic heterocycles. The molecule has 1 aliphatic carbocycles. The highest BCUT2D eigenvalue weighted by atomic mass is 32.2. The lowest BCUT2D eigenvalue weighted by Crippen LogP contribution is -2.51. The van der Waals surface area contributed by atoms with Gasteiger partial charge in [0.1, 0.15) is 0 Å². The average Bonchev–Trinajstić information content (AvgIpc) is 2.18. The molecule has 0 aromatic carbocycles. The predicted molar refractivity (Wildman–Crippen MR) is 63.6 cm³/mol. The van der Waals surface area contributed by atoms with Gasteiger partial charge in [-0.25, -0.2) is 13.1 Å². The van der Waals surface area contributed by atoms with Crippen LogP contribution in [0.2, 0.25) is 0 Å². The molecule has 0 saturated heterocycles. The van der Waals surface area contributed by atoms with Gasteiger partial charge in [0.25, 0.3) is 0 Å². The SMILES string of the molecule is CCC(CN)S(=O)(=O)NCC1(OC)CCC1. The zero-order valence-electron chi connectivity index (χ0n) is 10.0. The first-order valence-corrected chi connectivity index (χ1v) is 7.28. The van der Waals surface area contributed by atoms with Crippen LogP contribution in [-0.4, -0.2) is 39.5 Å². The third-order valence-corrected chi connectivity index (χ3v) is 5.40. The lowest BCUT2D eigenvalue weighted by Gasteiger charge is -2.40. The monoisotopic (exact) mass is 250 g/mol. The second kappa shape index (κ2) is 5.44. The molecule has 0 bridgehead atoms. The van der Waals surface area contributed by atoms with E-state index in [4.69, 9.17) is 10.5 Å². The molecule has 0 heterocycles. The molecule has 1 unspecified atom stereocenters. The van der Waals surface area contributed by atoms with Crippen LogP contribution in [0, 0.1) is 0 Å². The van der Waals surface area contributed by atoms with Gasteiger partial charge < -0.3 is 10.5 Å². The number of methoxy groups -OCH3 is 1. The Hall–Kier alpha value is -0.170.